The zero-order valence-electron chi connectivity index (χ0n) is 9.55. The van der Waals surface area contributed by atoms with E-state index < -0.39 is 0 Å². The minimum absolute atomic E-state index is 0.223. The van der Waals surface area contributed by atoms with Crippen molar-refractivity contribution >= 4 is 38.9 Å². The van der Waals surface area contributed by atoms with Crippen LogP contribution in [0.5, 0.6) is 0 Å². The SMILES string of the molecule is Fc1cc(CNCCc2ccc(Cl)s2)ccc1Br. The van der Waals surface area contributed by atoms with E-state index in [0.717, 1.165) is 22.9 Å². The van der Waals surface area contributed by atoms with E-state index in [-0.39, 0.29) is 5.82 Å². The van der Waals surface area contributed by atoms with Crippen molar-refractivity contribution in [3.8, 4) is 0 Å². The molecule has 1 heterocycles. The monoisotopic (exact) mass is 347 g/mol. The van der Waals surface area contributed by atoms with Crippen LogP contribution in [0.25, 0.3) is 0 Å². The summed E-state index contributed by atoms with van der Waals surface area (Å²) < 4.78 is 14.6. The second-order valence-electron chi connectivity index (χ2n) is 3.88. The summed E-state index contributed by atoms with van der Waals surface area (Å²) in [7, 11) is 0. The van der Waals surface area contributed by atoms with Crippen molar-refractivity contribution in [2.45, 2.75) is 13.0 Å². The molecular formula is C13H12BrClFNS. The molecular weight excluding hydrogens is 337 g/mol. The van der Waals surface area contributed by atoms with Crippen LogP contribution in [0.1, 0.15) is 10.4 Å². The summed E-state index contributed by atoms with van der Waals surface area (Å²) in [6.45, 7) is 1.53. The molecule has 0 fully saturated rings. The number of benzene rings is 1. The van der Waals surface area contributed by atoms with Crippen molar-refractivity contribution in [2.24, 2.45) is 0 Å². The summed E-state index contributed by atoms with van der Waals surface area (Å²) in [5.74, 6) is -0.223. The van der Waals surface area contributed by atoms with Gasteiger partial charge in [0.25, 0.3) is 0 Å². The third kappa shape index (κ3) is 4.05. The average Bonchev–Trinajstić information content (AvgIpc) is 2.75. The molecule has 1 aromatic heterocycles. The molecule has 1 N–H and O–H groups in total. The standard InChI is InChI=1S/C13H12BrClFNS/c14-11-3-1-9(7-12(11)16)8-17-6-5-10-2-4-13(15)18-10/h1-4,7,17H,5-6,8H2. The predicted molar refractivity (Wildman–Crippen MR) is 78.8 cm³/mol. The molecule has 0 radical (unpaired) electrons. The van der Waals surface area contributed by atoms with E-state index in [2.05, 4.69) is 21.2 Å². The van der Waals surface area contributed by atoms with Gasteiger partial charge in [-0.15, -0.1) is 11.3 Å². The summed E-state index contributed by atoms with van der Waals surface area (Å²) in [5.41, 5.74) is 0.944. The molecule has 0 saturated carbocycles. The Morgan fingerprint density at radius 3 is 2.78 bits per heavy atom. The molecule has 0 aliphatic carbocycles. The second-order valence-corrected chi connectivity index (χ2v) is 6.54. The minimum atomic E-state index is -0.223. The van der Waals surface area contributed by atoms with Gasteiger partial charge in [-0.05, 0) is 52.2 Å². The lowest BCUT2D eigenvalue weighted by molar-refractivity contribution is 0.614. The van der Waals surface area contributed by atoms with Gasteiger partial charge in [0.1, 0.15) is 5.82 Å². The molecule has 2 aromatic rings. The lowest BCUT2D eigenvalue weighted by atomic mass is 10.2. The Hall–Kier alpha value is -0.420. The molecule has 2 rings (SSSR count). The van der Waals surface area contributed by atoms with Crippen LogP contribution in [0.4, 0.5) is 4.39 Å². The topological polar surface area (TPSA) is 12.0 Å². The first-order valence-corrected chi connectivity index (χ1v) is 7.53. The Morgan fingerprint density at radius 2 is 2.11 bits per heavy atom. The normalized spacial score (nSPS) is 10.8. The summed E-state index contributed by atoms with van der Waals surface area (Å²) in [6.07, 6.45) is 0.941. The first kappa shape index (κ1) is 14.0. The summed E-state index contributed by atoms with van der Waals surface area (Å²) in [6, 6.07) is 9.12. The van der Waals surface area contributed by atoms with Crippen LogP contribution in [0.15, 0.2) is 34.8 Å². The van der Waals surface area contributed by atoms with Gasteiger partial charge in [-0.25, -0.2) is 4.39 Å². The third-order valence-electron chi connectivity index (χ3n) is 2.49. The van der Waals surface area contributed by atoms with E-state index in [9.17, 15) is 4.39 Å². The fourth-order valence-electron chi connectivity index (χ4n) is 1.58. The average molecular weight is 349 g/mol. The van der Waals surface area contributed by atoms with Gasteiger partial charge >= 0.3 is 0 Å². The van der Waals surface area contributed by atoms with Crippen LogP contribution < -0.4 is 5.32 Å². The largest absolute Gasteiger partial charge is 0.312 e. The maximum absolute atomic E-state index is 13.3. The zero-order valence-corrected chi connectivity index (χ0v) is 12.7. The first-order valence-electron chi connectivity index (χ1n) is 5.54. The second kappa shape index (κ2) is 6.66. The Labute approximate surface area is 123 Å². The van der Waals surface area contributed by atoms with Crippen molar-refractivity contribution in [3.63, 3.8) is 0 Å². The number of halogens is 3. The van der Waals surface area contributed by atoms with Crippen molar-refractivity contribution in [3.05, 3.63) is 55.4 Å². The number of hydrogen-bond donors (Lipinski definition) is 1. The molecule has 5 heteroatoms. The van der Waals surface area contributed by atoms with Crippen LogP contribution in [0.3, 0.4) is 0 Å². The van der Waals surface area contributed by atoms with Crippen LogP contribution in [0.2, 0.25) is 4.34 Å². The van der Waals surface area contributed by atoms with Gasteiger partial charge in [0.15, 0.2) is 0 Å². The Morgan fingerprint density at radius 1 is 1.28 bits per heavy atom. The van der Waals surface area contributed by atoms with Gasteiger partial charge in [0.2, 0.25) is 0 Å². The molecule has 1 nitrogen and oxygen atoms in total. The van der Waals surface area contributed by atoms with Crippen LogP contribution in [-0.2, 0) is 13.0 Å². The van der Waals surface area contributed by atoms with Gasteiger partial charge in [-0.1, -0.05) is 17.7 Å². The highest BCUT2D eigenvalue weighted by molar-refractivity contribution is 9.10. The summed E-state index contributed by atoms with van der Waals surface area (Å²) >= 11 is 10.6. The lowest BCUT2D eigenvalue weighted by Gasteiger charge is -2.05. The number of nitrogens with one attached hydrogen (secondary N) is 1. The maximum Gasteiger partial charge on any atom is 0.137 e. The Kier molecular flexibility index (Phi) is 5.18. The molecule has 0 bridgehead atoms. The fraction of sp³-hybridized carbons (Fsp3) is 0.231. The highest BCUT2D eigenvalue weighted by Crippen LogP contribution is 2.21. The molecule has 18 heavy (non-hydrogen) atoms. The first-order chi connectivity index (χ1) is 8.65. The molecule has 96 valence electrons. The molecule has 0 amide bonds. The molecule has 0 aliphatic rings. The van der Waals surface area contributed by atoms with E-state index in [1.54, 1.807) is 23.5 Å². The summed E-state index contributed by atoms with van der Waals surface area (Å²) in [5, 5.41) is 3.29. The van der Waals surface area contributed by atoms with Crippen LogP contribution in [0, 0.1) is 5.82 Å². The van der Waals surface area contributed by atoms with E-state index in [1.807, 2.05) is 18.2 Å². The van der Waals surface area contributed by atoms with E-state index in [1.165, 1.54) is 4.88 Å². The minimum Gasteiger partial charge on any atom is -0.312 e. The van der Waals surface area contributed by atoms with Gasteiger partial charge in [-0.2, -0.15) is 0 Å². The van der Waals surface area contributed by atoms with E-state index >= 15 is 0 Å². The molecule has 0 aliphatic heterocycles. The van der Waals surface area contributed by atoms with Gasteiger partial charge < -0.3 is 5.32 Å². The molecule has 0 unspecified atom stereocenters. The Balaban J connectivity index is 1.76. The molecule has 0 atom stereocenters. The van der Waals surface area contributed by atoms with Gasteiger partial charge in [-0.3, -0.25) is 0 Å². The highest BCUT2D eigenvalue weighted by Gasteiger charge is 2.01. The zero-order chi connectivity index (χ0) is 13.0. The van der Waals surface area contributed by atoms with Crippen molar-refractivity contribution in [1.82, 2.24) is 5.32 Å². The Bertz CT molecular complexity index is 529. The lowest BCUT2D eigenvalue weighted by Crippen LogP contribution is -2.16. The van der Waals surface area contributed by atoms with Gasteiger partial charge in [0.05, 0.1) is 8.81 Å². The molecule has 0 saturated heterocycles. The molecule has 1 aromatic carbocycles. The van der Waals surface area contributed by atoms with E-state index in [0.29, 0.717) is 11.0 Å². The van der Waals surface area contributed by atoms with Crippen LogP contribution in [-0.4, -0.2) is 6.54 Å². The predicted octanol–water partition coefficient (Wildman–Crippen LogP) is 4.64. The fourth-order valence-corrected chi connectivity index (χ4v) is 2.91. The quantitative estimate of drug-likeness (QED) is 0.777. The third-order valence-corrected chi connectivity index (χ3v) is 4.42. The number of hydrogen-bond acceptors (Lipinski definition) is 2. The number of thiophene rings is 1. The summed E-state index contributed by atoms with van der Waals surface area (Å²) in [4.78, 5) is 1.26. The molecule has 0 spiro atoms. The van der Waals surface area contributed by atoms with Crippen LogP contribution >= 0.6 is 38.9 Å². The van der Waals surface area contributed by atoms with Gasteiger partial charge in [0, 0.05) is 18.0 Å². The smallest absolute Gasteiger partial charge is 0.137 e. The highest BCUT2D eigenvalue weighted by atomic mass is 79.9. The van der Waals surface area contributed by atoms with Crippen molar-refractivity contribution in [2.75, 3.05) is 6.54 Å². The van der Waals surface area contributed by atoms with E-state index in [4.69, 9.17) is 11.6 Å². The van der Waals surface area contributed by atoms with Crippen molar-refractivity contribution < 1.29 is 4.39 Å². The number of rotatable bonds is 5. The van der Waals surface area contributed by atoms with Crippen molar-refractivity contribution in [1.29, 1.82) is 0 Å². The maximum atomic E-state index is 13.3.